The molecule has 108 valence electrons. The number of morpholine rings is 1. The lowest BCUT2D eigenvalue weighted by atomic mass is 10.3. The Hall–Kier alpha value is -1.34. The first kappa shape index (κ1) is 14.1. The first-order valence-corrected chi connectivity index (χ1v) is 6.68. The predicted molar refractivity (Wildman–Crippen MR) is 67.8 cm³/mol. The van der Waals surface area contributed by atoms with Crippen molar-refractivity contribution in [3.8, 4) is 0 Å². The molecule has 7 heteroatoms. The molecule has 0 radical (unpaired) electrons. The van der Waals surface area contributed by atoms with E-state index in [1.54, 1.807) is 4.90 Å². The predicted octanol–water partition coefficient (Wildman–Crippen LogP) is -0.724. The van der Waals surface area contributed by atoms with E-state index >= 15 is 0 Å². The Balaban J connectivity index is 1.68. The van der Waals surface area contributed by atoms with Crippen LogP contribution in [0.2, 0.25) is 0 Å². The molecule has 1 N–H and O–H groups in total. The molecule has 0 aliphatic carbocycles. The maximum Gasteiger partial charge on any atom is 0.410 e. The van der Waals surface area contributed by atoms with Gasteiger partial charge in [-0.1, -0.05) is 0 Å². The highest BCUT2D eigenvalue weighted by atomic mass is 16.6. The molecule has 0 bridgehead atoms. The Kier molecular flexibility index (Phi) is 4.98. The maximum absolute atomic E-state index is 11.6. The molecule has 19 heavy (non-hydrogen) atoms. The summed E-state index contributed by atoms with van der Waals surface area (Å²) in [5, 5.41) is 2.49. The Morgan fingerprint density at radius 3 is 2.79 bits per heavy atom. The molecule has 2 aliphatic heterocycles. The second-order valence-electron chi connectivity index (χ2n) is 4.74. The highest BCUT2D eigenvalue weighted by Crippen LogP contribution is 2.12. The van der Waals surface area contributed by atoms with Gasteiger partial charge in [-0.25, -0.2) is 4.79 Å². The molecule has 2 saturated heterocycles. The van der Waals surface area contributed by atoms with E-state index in [1.807, 2.05) is 0 Å². The minimum absolute atomic E-state index is 0.246. The van der Waals surface area contributed by atoms with Crippen LogP contribution in [0.25, 0.3) is 0 Å². The van der Waals surface area contributed by atoms with E-state index in [2.05, 4.69) is 10.2 Å². The summed E-state index contributed by atoms with van der Waals surface area (Å²) in [5.41, 5.74) is 0. The Labute approximate surface area is 112 Å². The van der Waals surface area contributed by atoms with Crippen molar-refractivity contribution in [1.82, 2.24) is 15.1 Å². The molecule has 0 spiro atoms. The number of carbonyl (C=O) groups is 2. The number of cyclic esters (lactones) is 1. The van der Waals surface area contributed by atoms with Gasteiger partial charge in [0.2, 0.25) is 0 Å². The van der Waals surface area contributed by atoms with Crippen LogP contribution in [0, 0.1) is 0 Å². The van der Waals surface area contributed by atoms with Gasteiger partial charge >= 0.3 is 6.09 Å². The molecule has 1 atom stereocenters. The lowest BCUT2D eigenvalue weighted by Crippen LogP contribution is -2.38. The average molecular weight is 271 g/mol. The van der Waals surface area contributed by atoms with Crippen molar-refractivity contribution >= 4 is 12.0 Å². The highest BCUT2D eigenvalue weighted by Gasteiger charge is 2.35. The molecule has 2 aliphatic rings. The van der Waals surface area contributed by atoms with Gasteiger partial charge in [0, 0.05) is 33.2 Å². The van der Waals surface area contributed by atoms with Crippen LogP contribution in [0.15, 0.2) is 0 Å². The third-order valence-corrected chi connectivity index (χ3v) is 3.43. The highest BCUT2D eigenvalue weighted by molar-refractivity contribution is 5.86. The zero-order valence-electron chi connectivity index (χ0n) is 11.3. The van der Waals surface area contributed by atoms with Gasteiger partial charge in [-0.3, -0.25) is 9.69 Å². The van der Waals surface area contributed by atoms with E-state index in [1.165, 1.54) is 7.05 Å². The van der Waals surface area contributed by atoms with Crippen molar-refractivity contribution in [3.63, 3.8) is 0 Å². The van der Waals surface area contributed by atoms with Crippen molar-refractivity contribution in [2.45, 2.75) is 12.5 Å². The standard InChI is InChI=1S/C12H21N3O4/c1-13-11(16)10-9-15(12(17)19-10)4-2-3-14-5-7-18-8-6-14/h10H,2-9H2,1H3,(H,13,16). The molecule has 1 unspecified atom stereocenters. The number of rotatable bonds is 5. The number of nitrogens with one attached hydrogen (secondary N) is 1. The number of hydrogen-bond acceptors (Lipinski definition) is 5. The van der Waals surface area contributed by atoms with Crippen LogP contribution in [0.4, 0.5) is 4.79 Å². The summed E-state index contributed by atoms with van der Waals surface area (Å²) < 4.78 is 10.3. The van der Waals surface area contributed by atoms with E-state index in [9.17, 15) is 9.59 Å². The second-order valence-corrected chi connectivity index (χ2v) is 4.74. The van der Waals surface area contributed by atoms with Crippen molar-refractivity contribution in [3.05, 3.63) is 0 Å². The molecular formula is C12H21N3O4. The first-order valence-electron chi connectivity index (χ1n) is 6.68. The number of likely N-dealkylation sites (N-methyl/N-ethyl adjacent to an activating group) is 1. The van der Waals surface area contributed by atoms with E-state index in [0.717, 1.165) is 39.3 Å². The monoisotopic (exact) mass is 271 g/mol. The zero-order valence-corrected chi connectivity index (χ0v) is 11.3. The van der Waals surface area contributed by atoms with Gasteiger partial charge in [-0.2, -0.15) is 0 Å². The topological polar surface area (TPSA) is 71.1 Å². The zero-order chi connectivity index (χ0) is 13.7. The lowest BCUT2D eigenvalue weighted by Gasteiger charge is -2.27. The maximum atomic E-state index is 11.6. The van der Waals surface area contributed by atoms with Crippen LogP contribution in [-0.2, 0) is 14.3 Å². The Morgan fingerprint density at radius 2 is 2.11 bits per heavy atom. The van der Waals surface area contributed by atoms with Gasteiger partial charge in [-0.05, 0) is 6.42 Å². The van der Waals surface area contributed by atoms with E-state index in [4.69, 9.17) is 9.47 Å². The fourth-order valence-corrected chi connectivity index (χ4v) is 2.30. The molecule has 0 saturated carbocycles. The minimum atomic E-state index is -0.666. The molecule has 0 aromatic heterocycles. The average Bonchev–Trinajstić information content (AvgIpc) is 2.81. The molecule has 0 aromatic carbocycles. The fraction of sp³-hybridized carbons (Fsp3) is 0.833. The van der Waals surface area contributed by atoms with Crippen LogP contribution in [0.5, 0.6) is 0 Å². The van der Waals surface area contributed by atoms with Crippen molar-refractivity contribution in [1.29, 1.82) is 0 Å². The minimum Gasteiger partial charge on any atom is -0.434 e. The van der Waals surface area contributed by atoms with Gasteiger partial charge in [0.15, 0.2) is 6.10 Å². The molecule has 0 aromatic rings. The van der Waals surface area contributed by atoms with Crippen molar-refractivity contribution < 1.29 is 19.1 Å². The molecule has 2 amide bonds. The number of carbonyl (C=O) groups excluding carboxylic acids is 2. The molecule has 2 heterocycles. The van der Waals surface area contributed by atoms with Gasteiger partial charge in [0.25, 0.3) is 5.91 Å². The van der Waals surface area contributed by atoms with Gasteiger partial charge < -0.3 is 19.7 Å². The van der Waals surface area contributed by atoms with Crippen LogP contribution >= 0.6 is 0 Å². The molecule has 2 rings (SSSR count). The van der Waals surface area contributed by atoms with Crippen LogP contribution in [-0.4, -0.2) is 80.9 Å². The van der Waals surface area contributed by atoms with Crippen LogP contribution < -0.4 is 5.32 Å². The molecule has 2 fully saturated rings. The van der Waals surface area contributed by atoms with Crippen LogP contribution in [0.3, 0.4) is 0 Å². The summed E-state index contributed by atoms with van der Waals surface area (Å²) in [7, 11) is 1.54. The SMILES string of the molecule is CNC(=O)C1CN(CCCN2CCOCC2)C(=O)O1. The van der Waals surface area contributed by atoms with E-state index in [0.29, 0.717) is 13.1 Å². The summed E-state index contributed by atoms with van der Waals surface area (Å²) >= 11 is 0. The number of hydrogen-bond donors (Lipinski definition) is 1. The Bertz CT molecular complexity index is 331. The van der Waals surface area contributed by atoms with Gasteiger partial charge in [-0.15, -0.1) is 0 Å². The smallest absolute Gasteiger partial charge is 0.410 e. The first-order chi connectivity index (χ1) is 9.20. The fourth-order valence-electron chi connectivity index (χ4n) is 2.30. The lowest BCUT2D eigenvalue weighted by molar-refractivity contribution is -0.127. The van der Waals surface area contributed by atoms with E-state index < -0.39 is 12.2 Å². The second kappa shape index (κ2) is 6.72. The van der Waals surface area contributed by atoms with Crippen molar-refractivity contribution in [2.75, 3.05) is 53.0 Å². The van der Waals surface area contributed by atoms with Gasteiger partial charge in [0.05, 0.1) is 19.8 Å². The third kappa shape index (κ3) is 3.81. The summed E-state index contributed by atoms with van der Waals surface area (Å²) in [4.78, 5) is 26.9. The quantitative estimate of drug-likeness (QED) is 0.714. The largest absolute Gasteiger partial charge is 0.434 e. The number of ether oxygens (including phenoxy) is 2. The number of nitrogens with zero attached hydrogens (tertiary/aromatic N) is 2. The van der Waals surface area contributed by atoms with E-state index in [-0.39, 0.29) is 5.91 Å². The Morgan fingerprint density at radius 1 is 1.37 bits per heavy atom. The van der Waals surface area contributed by atoms with Crippen molar-refractivity contribution in [2.24, 2.45) is 0 Å². The number of amides is 2. The summed E-state index contributed by atoms with van der Waals surface area (Å²) in [5.74, 6) is -0.246. The summed E-state index contributed by atoms with van der Waals surface area (Å²) in [6.45, 7) is 5.38. The normalized spacial score (nSPS) is 24.4. The molecular weight excluding hydrogens is 250 g/mol. The van der Waals surface area contributed by atoms with Gasteiger partial charge in [0.1, 0.15) is 0 Å². The molecule has 7 nitrogen and oxygen atoms in total. The summed E-state index contributed by atoms with van der Waals surface area (Å²) in [6, 6.07) is 0. The van der Waals surface area contributed by atoms with Crippen LogP contribution in [0.1, 0.15) is 6.42 Å². The summed E-state index contributed by atoms with van der Waals surface area (Å²) in [6.07, 6.45) is -0.174. The third-order valence-electron chi connectivity index (χ3n) is 3.43.